The van der Waals surface area contributed by atoms with Crippen LogP contribution in [-0.4, -0.2) is 29.6 Å². The second-order valence-electron chi connectivity index (χ2n) is 8.33. The molecule has 0 radical (unpaired) electrons. The van der Waals surface area contributed by atoms with E-state index in [2.05, 4.69) is 54.8 Å². The Morgan fingerprint density at radius 3 is 2.64 bits per heavy atom. The second-order valence-corrected chi connectivity index (χ2v) is 8.33. The van der Waals surface area contributed by atoms with Gasteiger partial charge in [-0.25, -0.2) is 0 Å². The van der Waals surface area contributed by atoms with E-state index in [-0.39, 0.29) is 0 Å². The van der Waals surface area contributed by atoms with Crippen LogP contribution in [0.5, 0.6) is 0 Å². The van der Waals surface area contributed by atoms with Crippen LogP contribution in [0.3, 0.4) is 0 Å². The molecule has 25 heavy (non-hydrogen) atoms. The number of likely N-dealkylation sites (N-methyl/N-ethyl adjacent to an activating group) is 1. The molecule has 1 aliphatic heterocycles. The van der Waals surface area contributed by atoms with Gasteiger partial charge in [0.15, 0.2) is 0 Å². The summed E-state index contributed by atoms with van der Waals surface area (Å²) in [6.07, 6.45) is 11.8. The predicted octanol–water partition coefficient (Wildman–Crippen LogP) is 5.42. The largest absolute Gasteiger partial charge is 0.320 e. The molecule has 2 heteroatoms. The monoisotopic (exact) mass is 336 g/mol. The zero-order valence-electron chi connectivity index (χ0n) is 16.1. The molecule has 2 nitrogen and oxygen atoms in total. The van der Waals surface area contributed by atoms with E-state index in [0.717, 1.165) is 12.3 Å². The lowest BCUT2D eigenvalue weighted by molar-refractivity contribution is 0.351. The summed E-state index contributed by atoms with van der Waals surface area (Å²) in [6.45, 7) is 6.92. The van der Waals surface area contributed by atoms with Crippen LogP contribution in [-0.2, 0) is 12.8 Å². The zero-order chi connectivity index (χ0) is 17.4. The number of nitrogens with zero attached hydrogens (tertiary/aromatic N) is 2. The van der Waals surface area contributed by atoms with Crippen molar-refractivity contribution in [1.82, 2.24) is 9.47 Å². The highest BCUT2D eigenvalue weighted by atomic mass is 15.1. The molecule has 1 aromatic heterocycles. The van der Waals surface area contributed by atoms with E-state index in [1.807, 2.05) is 0 Å². The minimum Gasteiger partial charge on any atom is -0.320 e. The van der Waals surface area contributed by atoms with Crippen LogP contribution in [0, 0.1) is 12.8 Å². The Bertz CT molecular complexity index is 790. The molecule has 2 aliphatic rings. The van der Waals surface area contributed by atoms with Gasteiger partial charge < -0.3 is 9.47 Å². The van der Waals surface area contributed by atoms with Crippen molar-refractivity contribution in [3.05, 3.63) is 40.6 Å². The summed E-state index contributed by atoms with van der Waals surface area (Å²) in [4.78, 5) is 2.48. The van der Waals surface area contributed by atoms with Crippen molar-refractivity contribution in [2.45, 2.75) is 58.8 Å². The number of hydrogen-bond acceptors (Lipinski definition) is 1. The third kappa shape index (κ3) is 3.29. The summed E-state index contributed by atoms with van der Waals surface area (Å²) in [7, 11) is 2.26. The van der Waals surface area contributed by atoms with Crippen molar-refractivity contribution in [3.63, 3.8) is 0 Å². The molecule has 1 aliphatic carbocycles. The molecule has 0 saturated heterocycles. The maximum Gasteiger partial charge on any atom is 0.0528 e. The van der Waals surface area contributed by atoms with Crippen molar-refractivity contribution in [1.29, 1.82) is 0 Å². The van der Waals surface area contributed by atoms with E-state index >= 15 is 0 Å². The highest BCUT2D eigenvalue weighted by Gasteiger charge is 2.21. The molecule has 0 atom stereocenters. The minimum absolute atomic E-state index is 0.792. The van der Waals surface area contributed by atoms with Crippen LogP contribution in [0.25, 0.3) is 17.1 Å². The first-order chi connectivity index (χ1) is 12.1. The molecule has 1 saturated carbocycles. The Hall–Kier alpha value is -1.54. The van der Waals surface area contributed by atoms with Gasteiger partial charge in [-0.3, -0.25) is 0 Å². The molecule has 1 aromatic carbocycles. The maximum absolute atomic E-state index is 2.55. The minimum atomic E-state index is 0.792. The molecular weight excluding hydrogens is 304 g/mol. The van der Waals surface area contributed by atoms with Gasteiger partial charge in [-0.15, -0.1) is 0 Å². The SMILES string of the molecule is C/C(=C/n1c2c(c3cc(C)ccc31)CCN(C)CC2)C1CCCCC1. The molecule has 0 unspecified atom stereocenters. The average Bonchev–Trinajstić information content (AvgIpc) is 2.76. The molecule has 1 fully saturated rings. The van der Waals surface area contributed by atoms with Gasteiger partial charge in [-0.05, 0) is 63.8 Å². The Kier molecular flexibility index (Phi) is 4.73. The molecule has 0 spiro atoms. The molecule has 4 rings (SSSR count). The number of benzene rings is 1. The summed E-state index contributed by atoms with van der Waals surface area (Å²) < 4.78 is 2.55. The normalized spacial score (nSPS) is 20.7. The van der Waals surface area contributed by atoms with E-state index in [9.17, 15) is 0 Å². The van der Waals surface area contributed by atoms with Crippen LogP contribution in [0.4, 0.5) is 0 Å². The molecule has 0 amide bonds. The molecule has 134 valence electrons. The zero-order valence-corrected chi connectivity index (χ0v) is 16.1. The van der Waals surface area contributed by atoms with Gasteiger partial charge in [0.25, 0.3) is 0 Å². The molecular formula is C23H32N2. The lowest BCUT2D eigenvalue weighted by atomic mass is 9.85. The van der Waals surface area contributed by atoms with Gasteiger partial charge >= 0.3 is 0 Å². The highest BCUT2D eigenvalue weighted by Crippen LogP contribution is 2.34. The van der Waals surface area contributed by atoms with Crippen LogP contribution in [0.2, 0.25) is 0 Å². The number of fused-ring (bicyclic) bond motifs is 3. The first kappa shape index (κ1) is 16.9. The summed E-state index contributed by atoms with van der Waals surface area (Å²) in [5.41, 5.74) is 7.52. The maximum atomic E-state index is 2.55. The lowest BCUT2D eigenvalue weighted by Gasteiger charge is -2.23. The van der Waals surface area contributed by atoms with Crippen LogP contribution >= 0.6 is 0 Å². The van der Waals surface area contributed by atoms with Crippen LogP contribution in [0.1, 0.15) is 55.8 Å². The lowest BCUT2D eigenvalue weighted by Crippen LogP contribution is -2.21. The summed E-state index contributed by atoms with van der Waals surface area (Å²) in [5, 5.41) is 1.48. The molecule has 0 N–H and O–H groups in total. The van der Waals surface area contributed by atoms with Gasteiger partial charge in [0.2, 0.25) is 0 Å². The fourth-order valence-corrected chi connectivity index (χ4v) is 4.82. The Morgan fingerprint density at radius 2 is 1.84 bits per heavy atom. The smallest absolute Gasteiger partial charge is 0.0528 e. The molecule has 2 aromatic rings. The van der Waals surface area contributed by atoms with E-state index in [1.54, 1.807) is 16.8 Å². The van der Waals surface area contributed by atoms with E-state index in [0.29, 0.717) is 0 Å². The topological polar surface area (TPSA) is 8.17 Å². The number of rotatable bonds is 2. The third-order valence-electron chi connectivity index (χ3n) is 6.43. The number of allylic oxidation sites excluding steroid dienone is 1. The van der Waals surface area contributed by atoms with Crippen molar-refractivity contribution in [2.24, 2.45) is 5.92 Å². The Morgan fingerprint density at radius 1 is 1.08 bits per heavy atom. The van der Waals surface area contributed by atoms with Crippen molar-refractivity contribution in [2.75, 3.05) is 20.1 Å². The van der Waals surface area contributed by atoms with Crippen LogP contribution in [0.15, 0.2) is 23.8 Å². The Balaban J connectivity index is 1.82. The van der Waals surface area contributed by atoms with Gasteiger partial charge in [0.1, 0.15) is 0 Å². The standard InChI is InChI=1S/C23H32N2/c1-17-9-10-22-21(15-17)20-11-13-24(3)14-12-23(20)25(22)16-18(2)19-7-5-4-6-8-19/h9-10,15-16,19H,4-8,11-14H2,1-3H3/b18-16-. The third-order valence-corrected chi connectivity index (χ3v) is 6.43. The quantitative estimate of drug-likeness (QED) is 0.711. The van der Waals surface area contributed by atoms with Gasteiger partial charge in [-0.2, -0.15) is 0 Å². The van der Waals surface area contributed by atoms with E-state index < -0.39 is 0 Å². The van der Waals surface area contributed by atoms with E-state index in [4.69, 9.17) is 0 Å². The van der Waals surface area contributed by atoms with Crippen molar-refractivity contribution in [3.8, 4) is 0 Å². The first-order valence-electron chi connectivity index (χ1n) is 10.1. The number of hydrogen-bond donors (Lipinski definition) is 0. The first-order valence-corrected chi connectivity index (χ1v) is 10.1. The van der Waals surface area contributed by atoms with Gasteiger partial charge in [-0.1, -0.05) is 36.5 Å². The average molecular weight is 337 g/mol. The summed E-state index contributed by atoms with van der Waals surface area (Å²) >= 11 is 0. The fourth-order valence-electron chi connectivity index (χ4n) is 4.82. The fraction of sp³-hybridized carbons (Fsp3) is 0.565. The predicted molar refractivity (Wildman–Crippen MR) is 108 cm³/mol. The Labute approximate surface area is 152 Å². The van der Waals surface area contributed by atoms with Crippen molar-refractivity contribution < 1.29 is 0 Å². The summed E-state index contributed by atoms with van der Waals surface area (Å²) in [6, 6.07) is 7.02. The molecule has 0 bridgehead atoms. The van der Waals surface area contributed by atoms with Crippen molar-refractivity contribution >= 4 is 17.1 Å². The van der Waals surface area contributed by atoms with Gasteiger partial charge in [0.05, 0.1) is 5.52 Å². The highest BCUT2D eigenvalue weighted by molar-refractivity contribution is 5.88. The van der Waals surface area contributed by atoms with E-state index in [1.165, 1.54) is 68.1 Å². The van der Waals surface area contributed by atoms with Gasteiger partial charge in [0, 0.05) is 36.8 Å². The number of aromatic nitrogens is 1. The number of aryl methyl sites for hydroxylation is 1. The summed E-state index contributed by atoms with van der Waals surface area (Å²) in [5.74, 6) is 0.792. The molecule has 2 heterocycles. The van der Waals surface area contributed by atoms with Crippen LogP contribution < -0.4 is 0 Å². The second kappa shape index (κ2) is 6.99.